The molecule has 0 aliphatic carbocycles. The zero-order chi connectivity index (χ0) is 18.9. The van der Waals surface area contributed by atoms with Gasteiger partial charge in [0, 0.05) is 49.0 Å². The summed E-state index contributed by atoms with van der Waals surface area (Å²) < 4.78 is 29.8. The number of aromatic nitrogens is 4. The van der Waals surface area contributed by atoms with Crippen molar-refractivity contribution in [2.45, 2.75) is 10.9 Å². The van der Waals surface area contributed by atoms with Crippen LogP contribution in [0.5, 0.6) is 0 Å². The van der Waals surface area contributed by atoms with Crippen molar-refractivity contribution in [1.29, 1.82) is 0 Å². The maximum absolute atomic E-state index is 12.5. The Morgan fingerprint density at radius 1 is 1.15 bits per heavy atom. The molecule has 2 N–H and O–H groups in total. The molecule has 4 aromatic rings. The SMILES string of the molecule is Cn1cc(C(CNS(=O)(=O)c2cnc[nH]2)c2cccnc2)c2ccccc21. The minimum atomic E-state index is -3.67. The Hall–Kier alpha value is -2.97. The standard InChI is InChI=1S/C19H19N5O2S/c1-24-12-17(15-6-2-3-7-18(15)24)16(14-5-4-8-20-9-14)10-23-27(25,26)19-11-21-13-22-19/h2-9,11-13,16,23H,10H2,1H3,(H,21,22). The molecule has 1 aromatic carbocycles. The highest BCUT2D eigenvalue weighted by Crippen LogP contribution is 2.31. The highest BCUT2D eigenvalue weighted by atomic mass is 32.2. The van der Waals surface area contributed by atoms with Gasteiger partial charge in [-0.15, -0.1) is 0 Å². The van der Waals surface area contributed by atoms with Crippen molar-refractivity contribution in [3.8, 4) is 0 Å². The number of hydrogen-bond acceptors (Lipinski definition) is 4. The van der Waals surface area contributed by atoms with E-state index in [0.717, 1.165) is 22.0 Å². The maximum Gasteiger partial charge on any atom is 0.257 e. The number of nitrogens with zero attached hydrogens (tertiary/aromatic N) is 3. The number of pyridine rings is 1. The smallest absolute Gasteiger partial charge is 0.257 e. The number of benzene rings is 1. The maximum atomic E-state index is 12.5. The number of aromatic amines is 1. The first-order valence-electron chi connectivity index (χ1n) is 8.48. The molecular formula is C19H19N5O2S. The predicted octanol–water partition coefficient (Wildman–Crippen LogP) is 2.41. The van der Waals surface area contributed by atoms with Gasteiger partial charge in [0.15, 0.2) is 5.03 Å². The van der Waals surface area contributed by atoms with E-state index in [1.165, 1.54) is 12.5 Å². The zero-order valence-corrected chi connectivity index (χ0v) is 15.5. The van der Waals surface area contributed by atoms with Crippen LogP contribution in [0, 0.1) is 0 Å². The predicted molar refractivity (Wildman–Crippen MR) is 103 cm³/mol. The Morgan fingerprint density at radius 3 is 2.74 bits per heavy atom. The van der Waals surface area contributed by atoms with E-state index >= 15 is 0 Å². The van der Waals surface area contributed by atoms with Crippen LogP contribution in [0.15, 0.2) is 72.5 Å². The van der Waals surface area contributed by atoms with E-state index in [2.05, 4.69) is 30.3 Å². The van der Waals surface area contributed by atoms with Crippen molar-refractivity contribution >= 4 is 20.9 Å². The number of imidazole rings is 1. The van der Waals surface area contributed by atoms with Crippen LogP contribution < -0.4 is 4.72 Å². The van der Waals surface area contributed by atoms with Crippen molar-refractivity contribution in [3.05, 3.63) is 78.6 Å². The summed E-state index contributed by atoms with van der Waals surface area (Å²) in [6, 6.07) is 11.9. The van der Waals surface area contributed by atoms with E-state index in [4.69, 9.17) is 0 Å². The summed E-state index contributed by atoms with van der Waals surface area (Å²) in [5, 5.41) is 1.14. The lowest BCUT2D eigenvalue weighted by molar-refractivity contribution is 0.574. The Kier molecular flexibility index (Phi) is 4.51. The highest BCUT2D eigenvalue weighted by molar-refractivity contribution is 7.89. The first-order chi connectivity index (χ1) is 13.1. The highest BCUT2D eigenvalue weighted by Gasteiger charge is 2.23. The Labute approximate surface area is 157 Å². The molecule has 0 bridgehead atoms. The Morgan fingerprint density at radius 2 is 2.00 bits per heavy atom. The summed E-state index contributed by atoms with van der Waals surface area (Å²) in [6.07, 6.45) is 8.17. The van der Waals surface area contributed by atoms with Gasteiger partial charge in [-0.05, 0) is 23.3 Å². The summed E-state index contributed by atoms with van der Waals surface area (Å²) >= 11 is 0. The molecule has 1 unspecified atom stereocenters. The minimum Gasteiger partial charge on any atom is -0.350 e. The van der Waals surface area contributed by atoms with Crippen molar-refractivity contribution < 1.29 is 8.42 Å². The summed E-state index contributed by atoms with van der Waals surface area (Å²) in [7, 11) is -1.68. The first kappa shape index (κ1) is 17.4. The molecule has 0 aliphatic rings. The van der Waals surface area contributed by atoms with Crippen LogP contribution in [0.25, 0.3) is 10.9 Å². The number of nitrogens with one attached hydrogen (secondary N) is 2. The van der Waals surface area contributed by atoms with E-state index in [1.807, 2.05) is 43.6 Å². The molecule has 0 saturated carbocycles. The second-order valence-corrected chi connectivity index (χ2v) is 8.05. The number of fused-ring (bicyclic) bond motifs is 1. The summed E-state index contributed by atoms with van der Waals surface area (Å²) in [5.74, 6) is -0.178. The van der Waals surface area contributed by atoms with E-state index in [1.54, 1.807) is 12.4 Å². The third kappa shape index (κ3) is 3.36. The lowest BCUT2D eigenvalue weighted by Crippen LogP contribution is -2.29. The largest absolute Gasteiger partial charge is 0.350 e. The molecule has 1 atom stereocenters. The van der Waals surface area contributed by atoms with Gasteiger partial charge >= 0.3 is 0 Å². The van der Waals surface area contributed by atoms with Gasteiger partial charge in [-0.3, -0.25) is 4.98 Å². The molecule has 138 valence electrons. The average Bonchev–Trinajstić information content (AvgIpc) is 3.33. The Balaban J connectivity index is 1.74. The van der Waals surface area contributed by atoms with Crippen molar-refractivity contribution in [2.75, 3.05) is 6.54 Å². The second-order valence-electron chi connectivity index (χ2n) is 6.32. The molecule has 0 saturated heterocycles. The fourth-order valence-corrected chi connectivity index (χ4v) is 4.25. The molecule has 27 heavy (non-hydrogen) atoms. The van der Waals surface area contributed by atoms with Crippen LogP contribution >= 0.6 is 0 Å². The van der Waals surface area contributed by atoms with Crippen molar-refractivity contribution in [1.82, 2.24) is 24.2 Å². The molecule has 4 rings (SSSR count). The summed E-state index contributed by atoms with van der Waals surface area (Å²) in [5.41, 5.74) is 3.09. The molecule has 3 aromatic heterocycles. The normalized spacial score (nSPS) is 13.1. The number of para-hydroxylation sites is 1. The molecule has 0 fully saturated rings. The average molecular weight is 381 g/mol. The van der Waals surface area contributed by atoms with Gasteiger partial charge in [0.05, 0.1) is 12.5 Å². The first-order valence-corrected chi connectivity index (χ1v) is 9.96. The van der Waals surface area contributed by atoms with Crippen molar-refractivity contribution in [2.24, 2.45) is 7.05 Å². The summed E-state index contributed by atoms with van der Waals surface area (Å²) in [4.78, 5) is 10.6. The second kappa shape index (κ2) is 6.98. The van der Waals surface area contributed by atoms with Crippen LogP contribution in [-0.4, -0.2) is 34.5 Å². The van der Waals surface area contributed by atoms with E-state index in [9.17, 15) is 8.42 Å². The number of hydrogen-bond donors (Lipinski definition) is 2. The lowest BCUT2D eigenvalue weighted by Gasteiger charge is -2.17. The van der Waals surface area contributed by atoms with Gasteiger partial charge in [-0.1, -0.05) is 24.3 Å². The zero-order valence-electron chi connectivity index (χ0n) is 14.7. The van der Waals surface area contributed by atoms with Crippen LogP contribution in [-0.2, 0) is 17.1 Å². The molecule has 0 aliphatic heterocycles. The van der Waals surface area contributed by atoms with Gasteiger partial charge in [0.25, 0.3) is 10.0 Å². The van der Waals surface area contributed by atoms with Crippen LogP contribution in [0.4, 0.5) is 0 Å². The summed E-state index contributed by atoms with van der Waals surface area (Å²) in [6.45, 7) is 0.209. The molecule has 3 heterocycles. The number of H-pyrrole nitrogens is 1. The lowest BCUT2D eigenvalue weighted by atomic mass is 9.92. The fraction of sp³-hybridized carbons (Fsp3) is 0.158. The molecule has 0 radical (unpaired) electrons. The van der Waals surface area contributed by atoms with E-state index in [-0.39, 0.29) is 17.5 Å². The fourth-order valence-electron chi connectivity index (χ4n) is 3.30. The monoisotopic (exact) mass is 381 g/mol. The topological polar surface area (TPSA) is 92.7 Å². The quantitative estimate of drug-likeness (QED) is 0.536. The Bertz CT molecular complexity index is 1150. The van der Waals surface area contributed by atoms with Crippen molar-refractivity contribution in [3.63, 3.8) is 0 Å². The van der Waals surface area contributed by atoms with Gasteiger partial charge in [-0.25, -0.2) is 18.1 Å². The van der Waals surface area contributed by atoms with Crippen LogP contribution in [0.3, 0.4) is 0 Å². The van der Waals surface area contributed by atoms with Gasteiger partial charge in [-0.2, -0.15) is 0 Å². The third-order valence-corrected chi connectivity index (χ3v) is 5.98. The van der Waals surface area contributed by atoms with Gasteiger partial charge in [0.1, 0.15) is 0 Å². The van der Waals surface area contributed by atoms with Crippen LogP contribution in [0.1, 0.15) is 17.0 Å². The van der Waals surface area contributed by atoms with Gasteiger partial charge < -0.3 is 9.55 Å². The molecular weight excluding hydrogens is 362 g/mol. The molecule has 0 amide bonds. The third-order valence-electron chi connectivity index (χ3n) is 4.63. The van der Waals surface area contributed by atoms with E-state index in [0.29, 0.717) is 0 Å². The number of aryl methyl sites for hydroxylation is 1. The molecule has 8 heteroatoms. The van der Waals surface area contributed by atoms with Gasteiger partial charge in [0.2, 0.25) is 0 Å². The van der Waals surface area contributed by atoms with Crippen LogP contribution in [0.2, 0.25) is 0 Å². The number of rotatable bonds is 6. The molecule has 7 nitrogen and oxygen atoms in total. The molecule has 0 spiro atoms. The van der Waals surface area contributed by atoms with E-state index < -0.39 is 10.0 Å². The number of sulfonamides is 1. The minimum absolute atomic E-state index is 0.0466.